The van der Waals surface area contributed by atoms with E-state index in [-0.39, 0.29) is 11.7 Å². The second kappa shape index (κ2) is 5.21. The number of nitrogens with zero attached hydrogens (tertiary/aromatic N) is 1. The first-order chi connectivity index (χ1) is 9.10. The number of carbonyl (C=O) groups is 2. The molecule has 19 heavy (non-hydrogen) atoms. The average Bonchev–Trinajstić information content (AvgIpc) is 2.87. The molecule has 0 aliphatic rings. The minimum atomic E-state index is -1.23. The van der Waals surface area contributed by atoms with Crippen LogP contribution in [0, 0.1) is 0 Å². The summed E-state index contributed by atoms with van der Waals surface area (Å²) in [6.07, 6.45) is 0.948. The molecule has 0 atom stereocenters. The third-order valence-electron chi connectivity index (χ3n) is 2.28. The number of rotatable bonds is 4. The molecule has 2 N–H and O–H groups in total. The fraction of sp³-hybridized carbons (Fsp3) is 0.0833. The molecule has 0 aliphatic carbocycles. The molecule has 7 heteroatoms. The molecule has 0 spiro atoms. The Labute approximate surface area is 107 Å². The Morgan fingerprint density at radius 2 is 2.21 bits per heavy atom. The molecule has 0 saturated heterocycles. The maximum Gasteiger partial charge on any atom is 0.357 e. The van der Waals surface area contributed by atoms with E-state index in [1.807, 2.05) is 0 Å². The largest absolute Gasteiger partial charge is 0.497 e. The number of aromatic carboxylic acids is 1. The van der Waals surface area contributed by atoms with Gasteiger partial charge >= 0.3 is 12.0 Å². The molecule has 2 aromatic rings. The molecule has 1 aromatic heterocycles. The van der Waals surface area contributed by atoms with Crippen LogP contribution in [0.4, 0.5) is 6.01 Å². The molecule has 7 nitrogen and oxygen atoms in total. The highest BCUT2D eigenvalue weighted by Gasteiger charge is 2.14. The molecule has 98 valence electrons. The van der Waals surface area contributed by atoms with Gasteiger partial charge in [0.25, 0.3) is 5.91 Å². The number of hydrogen-bond acceptors (Lipinski definition) is 5. The SMILES string of the molecule is COc1cccc(C(=O)Nc2nc(C(=O)O)co2)c1. The predicted octanol–water partition coefficient (Wildman–Crippen LogP) is 1.63. The van der Waals surface area contributed by atoms with Crippen molar-refractivity contribution in [2.75, 3.05) is 12.4 Å². The summed E-state index contributed by atoms with van der Waals surface area (Å²) in [5.74, 6) is -1.17. The van der Waals surface area contributed by atoms with Crippen molar-refractivity contribution < 1.29 is 23.8 Å². The van der Waals surface area contributed by atoms with Gasteiger partial charge in [-0.1, -0.05) is 6.07 Å². The monoisotopic (exact) mass is 262 g/mol. The number of carboxylic acid groups (broad SMARTS) is 1. The van der Waals surface area contributed by atoms with E-state index >= 15 is 0 Å². The normalized spacial score (nSPS) is 9.95. The van der Waals surface area contributed by atoms with E-state index in [0.29, 0.717) is 11.3 Å². The van der Waals surface area contributed by atoms with E-state index in [1.165, 1.54) is 13.2 Å². The first-order valence-corrected chi connectivity index (χ1v) is 5.24. The molecule has 0 fully saturated rings. The highest BCUT2D eigenvalue weighted by molar-refractivity contribution is 6.03. The number of carbonyl (C=O) groups excluding carboxylic acids is 1. The maximum absolute atomic E-state index is 11.8. The fourth-order valence-corrected chi connectivity index (χ4v) is 1.36. The lowest BCUT2D eigenvalue weighted by atomic mass is 10.2. The summed E-state index contributed by atoms with van der Waals surface area (Å²) < 4.78 is 9.81. The van der Waals surface area contributed by atoms with Crippen LogP contribution in [0.15, 0.2) is 34.9 Å². The third kappa shape index (κ3) is 2.89. The van der Waals surface area contributed by atoms with E-state index in [2.05, 4.69) is 10.3 Å². The molecule has 0 saturated carbocycles. The Morgan fingerprint density at radius 3 is 2.84 bits per heavy atom. The minimum Gasteiger partial charge on any atom is -0.497 e. The van der Waals surface area contributed by atoms with Gasteiger partial charge in [0, 0.05) is 5.56 Å². The van der Waals surface area contributed by atoms with Crippen LogP contribution >= 0.6 is 0 Å². The molecule has 2 rings (SSSR count). The lowest BCUT2D eigenvalue weighted by molar-refractivity contribution is 0.0690. The van der Waals surface area contributed by atoms with Crippen LogP contribution in [0.1, 0.15) is 20.8 Å². The van der Waals surface area contributed by atoms with E-state index in [1.54, 1.807) is 18.2 Å². The summed E-state index contributed by atoms with van der Waals surface area (Å²) in [4.78, 5) is 26.0. The molecular weight excluding hydrogens is 252 g/mol. The number of anilines is 1. The molecule has 1 aromatic carbocycles. The molecule has 0 radical (unpaired) electrons. The number of aromatic nitrogens is 1. The molecule has 0 aliphatic heterocycles. The van der Waals surface area contributed by atoms with E-state index in [9.17, 15) is 9.59 Å². The van der Waals surface area contributed by atoms with E-state index < -0.39 is 11.9 Å². The summed E-state index contributed by atoms with van der Waals surface area (Å²) in [5, 5.41) is 11.0. The van der Waals surface area contributed by atoms with Gasteiger partial charge in [0.05, 0.1) is 7.11 Å². The van der Waals surface area contributed by atoms with Crippen LogP contribution in [-0.2, 0) is 0 Å². The summed E-state index contributed by atoms with van der Waals surface area (Å²) in [5.41, 5.74) is 0.0652. The zero-order valence-electron chi connectivity index (χ0n) is 9.91. The van der Waals surface area contributed by atoms with Gasteiger partial charge in [-0.25, -0.2) is 4.79 Å². The number of methoxy groups -OCH3 is 1. The first-order valence-electron chi connectivity index (χ1n) is 5.24. The molecule has 0 unspecified atom stereocenters. The van der Waals surface area contributed by atoms with Crippen molar-refractivity contribution in [3.05, 3.63) is 41.8 Å². The van der Waals surface area contributed by atoms with Crippen LogP contribution < -0.4 is 10.1 Å². The maximum atomic E-state index is 11.8. The molecule has 1 amide bonds. The van der Waals surface area contributed by atoms with Gasteiger partial charge in [0.2, 0.25) is 0 Å². The van der Waals surface area contributed by atoms with Crippen molar-refractivity contribution in [1.82, 2.24) is 4.98 Å². The number of oxazole rings is 1. The van der Waals surface area contributed by atoms with Crippen LogP contribution in [-0.4, -0.2) is 29.1 Å². The molecular formula is C12H10N2O5. The second-order valence-corrected chi connectivity index (χ2v) is 3.53. The Kier molecular flexibility index (Phi) is 3.46. The number of carboxylic acids is 1. The van der Waals surface area contributed by atoms with Crippen LogP contribution in [0.25, 0.3) is 0 Å². The van der Waals surface area contributed by atoms with Crippen molar-refractivity contribution in [3.8, 4) is 5.75 Å². The summed E-state index contributed by atoms with van der Waals surface area (Å²) in [6, 6.07) is 6.30. The lowest BCUT2D eigenvalue weighted by Gasteiger charge is -2.03. The van der Waals surface area contributed by atoms with Crippen molar-refractivity contribution in [2.45, 2.75) is 0 Å². The van der Waals surface area contributed by atoms with Gasteiger partial charge in [-0.05, 0) is 18.2 Å². The first kappa shape index (κ1) is 12.6. The zero-order chi connectivity index (χ0) is 13.8. The van der Waals surface area contributed by atoms with Gasteiger partial charge in [0.1, 0.15) is 12.0 Å². The molecule has 1 heterocycles. The van der Waals surface area contributed by atoms with Crippen LogP contribution in [0.2, 0.25) is 0 Å². The summed E-state index contributed by atoms with van der Waals surface area (Å²) >= 11 is 0. The van der Waals surface area contributed by atoms with E-state index in [0.717, 1.165) is 6.26 Å². The number of ether oxygens (including phenoxy) is 1. The number of benzene rings is 1. The minimum absolute atomic E-state index is 0.176. The third-order valence-corrected chi connectivity index (χ3v) is 2.28. The Hall–Kier alpha value is -2.83. The number of hydrogen-bond donors (Lipinski definition) is 2. The van der Waals surface area contributed by atoms with Gasteiger partial charge in [-0.3, -0.25) is 10.1 Å². The predicted molar refractivity (Wildman–Crippen MR) is 64.4 cm³/mol. The average molecular weight is 262 g/mol. The van der Waals surface area contributed by atoms with Crippen molar-refractivity contribution in [3.63, 3.8) is 0 Å². The fourth-order valence-electron chi connectivity index (χ4n) is 1.36. The highest BCUT2D eigenvalue weighted by Crippen LogP contribution is 2.14. The van der Waals surface area contributed by atoms with Crippen LogP contribution in [0.3, 0.4) is 0 Å². The standard InChI is InChI=1S/C12H10N2O5/c1-18-8-4-2-3-7(5-8)10(15)14-12-13-9(6-19-12)11(16)17/h2-6H,1H3,(H,16,17)(H,13,14,15). The molecule has 0 bridgehead atoms. The number of nitrogens with one attached hydrogen (secondary N) is 1. The number of amides is 1. The second-order valence-electron chi connectivity index (χ2n) is 3.53. The van der Waals surface area contributed by atoms with Crippen molar-refractivity contribution >= 4 is 17.9 Å². The van der Waals surface area contributed by atoms with Crippen molar-refractivity contribution in [2.24, 2.45) is 0 Å². The van der Waals surface area contributed by atoms with E-state index in [4.69, 9.17) is 14.3 Å². The topological polar surface area (TPSA) is 102 Å². The summed E-state index contributed by atoms with van der Waals surface area (Å²) in [7, 11) is 1.49. The van der Waals surface area contributed by atoms with Gasteiger partial charge in [-0.2, -0.15) is 4.98 Å². The Balaban J connectivity index is 2.13. The highest BCUT2D eigenvalue weighted by atomic mass is 16.5. The van der Waals surface area contributed by atoms with Gasteiger partial charge in [-0.15, -0.1) is 0 Å². The zero-order valence-corrected chi connectivity index (χ0v) is 9.91. The Morgan fingerprint density at radius 1 is 1.42 bits per heavy atom. The smallest absolute Gasteiger partial charge is 0.357 e. The van der Waals surface area contributed by atoms with Gasteiger partial charge < -0.3 is 14.3 Å². The quantitative estimate of drug-likeness (QED) is 0.868. The Bertz CT molecular complexity index is 620. The van der Waals surface area contributed by atoms with Crippen LogP contribution in [0.5, 0.6) is 5.75 Å². The lowest BCUT2D eigenvalue weighted by Crippen LogP contribution is -2.12. The summed E-state index contributed by atoms with van der Waals surface area (Å²) in [6.45, 7) is 0. The van der Waals surface area contributed by atoms with Gasteiger partial charge in [0.15, 0.2) is 5.69 Å². The van der Waals surface area contributed by atoms with Crippen molar-refractivity contribution in [1.29, 1.82) is 0 Å².